The molecule has 9 heteroatoms. The minimum absolute atomic E-state index is 0.00591. The van der Waals surface area contributed by atoms with Gasteiger partial charge in [0.1, 0.15) is 5.75 Å². The number of nitrogens with one attached hydrogen (secondary N) is 2. The van der Waals surface area contributed by atoms with Gasteiger partial charge in [0.2, 0.25) is 11.8 Å². The van der Waals surface area contributed by atoms with Gasteiger partial charge in [0, 0.05) is 17.8 Å². The van der Waals surface area contributed by atoms with Crippen molar-refractivity contribution in [1.82, 2.24) is 4.90 Å². The zero-order valence-corrected chi connectivity index (χ0v) is 17.7. The van der Waals surface area contributed by atoms with E-state index >= 15 is 0 Å². The third-order valence-electron chi connectivity index (χ3n) is 4.75. The molecule has 2 N–H and O–H groups in total. The molecule has 0 aliphatic rings. The molecule has 160 valence electrons. The van der Waals surface area contributed by atoms with Gasteiger partial charge in [0.15, 0.2) is 0 Å². The lowest BCUT2D eigenvalue weighted by atomic mass is 10.1. The Hall–Kier alpha value is -3.46. The number of nitro benzene ring substituents is 1. The lowest BCUT2D eigenvalue weighted by Crippen LogP contribution is -2.43. The van der Waals surface area contributed by atoms with E-state index in [1.807, 2.05) is 32.0 Å². The fraction of sp³-hybridized carbons (Fsp3) is 0.333. The number of likely N-dealkylation sites (N-methyl/N-ethyl adjacent to an activating group) is 1. The van der Waals surface area contributed by atoms with Crippen molar-refractivity contribution in [2.45, 2.75) is 26.8 Å². The maximum absolute atomic E-state index is 12.6. The van der Waals surface area contributed by atoms with E-state index in [-0.39, 0.29) is 23.8 Å². The molecule has 0 spiro atoms. The number of nitro groups is 1. The lowest BCUT2D eigenvalue weighted by molar-refractivity contribution is -0.384. The van der Waals surface area contributed by atoms with E-state index in [0.717, 1.165) is 16.8 Å². The van der Waals surface area contributed by atoms with E-state index in [0.29, 0.717) is 5.75 Å². The number of ether oxygens (including phenoxy) is 1. The van der Waals surface area contributed by atoms with Crippen LogP contribution in [0.25, 0.3) is 0 Å². The highest BCUT2D eigenvalue weighted by atomic mass is 16.6. The molecular weight excluding hydrogens is 388 g/mol. The zero-order chi connectivity index (χ0) is 22.4. The van der Waals surface area contributed by atoms with Gasteiger partial charge in [0.25, 0.3) is 5.69 Å². The Morgan fingerprint density at radius 1 is 1.13 bits per heavy atom. The molecule has 2 amide bonds. The monoisotopic (exact) mass is 414 g/mol. The van der Waals surface area contributed by atoms with Gasteiger partial charge in [-0.05, 0) is 51.1 Å². The van der Waals surface area contributed by atoms with Gasteiger partial charge in [-0.3, -0.25) is 24.6 Å². The van der Waals surface area contributed by atoms with Crippen molar-refractivity contribution >= 4 is 28.9 Å². The molecule has 0 unspecified atom stereocenters. The average molecular weight is 414 g/mol. The van der Waals surface area contributed by atoms with Gasteiger partial charge in [-0.25, -0.2) is 0 Å². The highest BCUT2D eigenvalue weighted by Gasteiger charge is 2.22. The van der Waals surface area contributed by atoms with Crippen LogP contribution in [0.5, 0.6) is 5.75 Å². The quantitative estimate of drug-likeness (QED) is 0.507. The number of nitrogens with zero attached hydrogens (tertiary/aromatic N) is 2. The number of rotatable bonds is 8. The standard InChI is InChI=1S/C21H26N4O5/c1-13-6-7-14(2)17(10-13)22-20(26)12-24(4)15(3)21(27)23-18-11-16(25(28)29)8-9-19(18)30-5/h6-11,15H,12H2,1-5H3,(H,22,26)(H,23,27)/t15-/m1/s1. The zero-order valence-electron chi connectivity index (χ0n) is 17.7. The van der Waals surface area contributed by atoms with E-state index < -0.39 is 16.9 Å². The predicted octanol–water partition coefficient (Wildman–Crippen LogP) is 3.12. The second-order valence-electron chi connectivity index (χ2n) is 7.09. The summed E-state index contributed by atoms with van der Waals surface area (Å²) in [6.45, 7) is 5.48. The van der Waals surface area contributed by atoms with Gasteiger partial charge < -0.3 is 15.4 Å². The Morgan fingerprint density at radius 3 is 2.47 bits per heavy atom. The SMILES string of the molecule is COc1ccc([N+](=O)[O-])cc1NC(=O)[C@@H](C)N(C)CC(=O)Nc1cc(C)ccc1C. The lowest BCUT2D eigenvalue weighted by Gasteiger charge is -2.24. The van der Waals surface area contributed by atoms with Crippen LogP contribution in [0.1, 0.15) is 18.1 Å². The third kappa shape index (κ3) is 5.77. The molecule has 0 aliphatic heterocycles. The Kier molecular flexibility index (Phi) is 7.48. The van der Waals surface area contributed by atoms with Gasteiger partial charge >= 0.3 is 0 Å². The summed E-state index contributed by atoms with van der Waals surface area (Å²) in [7, 11) is 3.06. The molecule has 2 rings (SSSR count). The van der Waals surface area contributed by atoms with Crippen LogP contribution in [0.4, 0.5) is 17.1 Å². The Morgan fingerprint density at radius 2 is 1.83 bits per heavy atom. The van der Waals surface area contributed by atoms with Crippen molar-refractivity contribution in [2.24, 2.45) is 0 Å². The fourth-order valence-electron chi connectivity index (χ4n) is 2.77. The van der Waals surface area contributed by atoms with Crippen LogP contribution in [-0.4, -0.2) is 48.4 Å². The summed E-state index contributed by atoms with van der Waals surface area (Å²) >= 11 is 0. The highest BCUT2D eigenvalue weighted by molar-refractivity contribution is 5.97. The number of aryl methyl sites for hydroxylation is 2. The van der Waals surface area contributed by atoms with Crippen molar-refractivity contribution in [3.05, 3.63) is 57.6 Å². The molecule has 0 radical (unpaired) electrons. The molecule has 0 fully saturated rings. The number of anilines is 2. The smallest absolute Gasteiger partial charge is 0.271 e. The number of non-ortho nitro benzene ring substituents is 1. The van der Waals surface area contributed by atoms with Crippen molar-refractivity contribution in [2.75, 3.05) is 31.3 Å². The van der Waals surface area contributed by atoms with Crippen LogP contribution in [0.2, 0.25) is 0 Å². The largest absolute Gasteiger partial charge is 0.495 e. The van der Waals surface area contributed by atoms with Crippen LogP contribution in [-0.2, 0) is 9.59 Å². The molecular formula is C21H26N4O5. The summed E-state index contributed by atoms with van der Waals surface area (Å²) in [5.74, 6) is -0.369. The topological polar surface area (TPSA) is 114 Å². The van der Waals surface area contributed by atoms with Crippen molar-refractivity contribution in [1.29, 1.82) is 0 Å². The summed E-state index contributed by atoms with van der Waals surface area (Å²) in [5, 5.41) is 16.5. The average Bonchev–Trinajstić information content (AvgIpc) is 2.69. The van der Waals surface area contributed by atoms with Gasteiger partial charge in [-0.2, -0.15) is 0 Å². The van der Waals surface area contributed by atoms with E-state index in [2.05, 4.69) is 10.6 Å². The number of hydrogen-bond donors (Lipinski definition) is 2. The number of carbonyl (C=O) groups excluding carboxylic acids is 2. The van der Waals surface area contributed by atoms with Crippen LogP contribution in [0.3, 0.4) is 0 Å². The second kappa shape index (κ2) is 9.84. The first-order chi connectivity index (χ1) is 14.1. The summed E-state index contributed by atoms with van der Waals surface area (Å²) in [4.78, 5) is 37.1. The normalized spacial score (nSPS) is 11.7. The number of carbonyl (C=O) groups is 2. The molecule has 0 saturated heterocycles. The number of methoxy groups -OCH3 is 1. The third-order valence-corrected chi connectivity index (χ3v) is 4.75. The van der Waals surface area contributed by atoms with Crippen LogP contribution in [0, 0.1) is 24.0 Å². The minimum Gasteiger partial charge on any atom is -0.495 e. The number of hydrogen-bond acceptors (Lipinski definition) is 6. The van der Waals surface area contributed by atoms with Crippen molar-refractivity contribution in [3.63, 3.8) is 0 Å². The van der Waals surface area contributed by atoms with E-state index in [1.54, 1.807) is 18.9 Å². The number of benzene rings is 2. The minimum atomic E-state index is -0.668. The molecule has 0 saturated carbocycles. The molecule has 0 aromatic heterocycles. The fourth-order valence-corrected chi connectivity index (χ4v) is 2.77. The van der Waals surface area contributed by atoms with Crippen LogP contribution in [0.15, 0.2) is 36.4 Å². The highest BCUT2D eigenvalue weighted by Crippen LogP contribution is 2.29. The summed E-state index contributed by atoms with van der Waals surface area (Å²) in [5.41, 5.74) is 2.73. The maximum Gasteiger partial charge on any atom is 0.271 e. The molecule has 0 bridgehead atoms. The predicted molar refractivity (Wildman–Crippen MR) is 115 cm³/mol. The first-order valence-corrected chi connectivity index (χ1v) is 9.33. The van der Waals surface area contributed by atoms with Gasteiger partial charge in [-0.1, -0.05) is 12.1 Å². The van der Waals surface area contributed by atoms with Crippen molar-refractivity contribution < 1.29 is 19.2 Å². The Bertz CT molecular complexity index is 960. The molecule has 2 aromatic carbocycles. The first kappa shape index (κ1) is 22.8. The van der Waals surface area contributed by atoms with Gasteiger partial charge in [-0.15, -0.1) is 0 Å². The van der Waals surface area contributed by atoms with Crippen LogP contribution >= 0.6 is 0 Å². The van der Waals surface area contributed by atoms with E-state index in [4.69, 9.17) is 4.74 Å². The Balaban J connectivity index is 2.03. The molecule has 0 aliphatic carbocycles. The van der Waals surface area contributed by atoms with Gasteiger partial charge in [0.05, 0.1) is 30.3 Å². The van der Waals surface area contributed by atoms with Crippen molar-refractivity contribution in [3.8, 4) is 5.75 Å². The molecule has 9 nitrogen and oxygen atoms in total. The van der Waals surface area contributed by atoms with Crippen LogP contribution < -0.4 is 15.4 Å². The Labute approximate surface area is 175 Å². The second-order valence-corrected chi connectivity index (χ2v) is 7.09. The number of amides is 2. The first-order valence-electron chi connectivity index (χ1n) is 9.33. The maximum atomic E-state index is 12.6. The molecule has 1 atom stereocenters. The summed E-state index contributed by atoms with van der Waals surface area (Å²) < 4.78 is 5.16. The molecule has 30 heavy (non-hydrogen) atoms. The molecule has 0 heterocycles. The van der Waals surface area contributed by atoms with E-state index in [9.17, 15) is 19.7 Å². The molecule has 2 aromatic rings. The van der Waals surface area contributed by atoms with E-state index in [1.165, 1.54) is 25.3 Å². The summed E-state index contributed by atoms with van der Waals surface area (Å²) in [6, 6.07) is 9.05. The summed E-state index contributed by atoms with van der Waals surface area (Å²) in [6.07, 6.45) is 0.